The lowest BCUT2D eigenvalue weighted by atomic mass is 10.2. The van der Waals surface area contributed by atoms with Crippen molar-refractivity contribution >= 4 is 10.9 Å². The van der Waals surface area contributed by atoms with Crippen LogP contribution in [0.1, 0.15) is 52.4 Å². The molecule has 0 radical (unpaired) electrons. The SMILES string of the molecule is CCCCCOc1cccc2ccc[n+](CCCCC)c12. The van der Waals surface area contributed by atoms with Crippen LogP contribution in [0.25, 0.3) is 10.9 Å². The molecule has 2 heteroatoms. The van der Waals surface area contributed by atoms with Gasteiger partial charge in [-0.1, -0.05) is 39.2 Å². The Morgan fingerprint density at radius 3 is 2.48 bits per heavy atom. The Bertz CT molecular complexity index is 545. The van der Waals surface area contributed by atoms with Gasteiger partial charge >= 0.3 is 0 Å². The summed E-state index contributed by atoms with van der Waals surface area (Å²) in [6, 6.07) is 10.7. The summed E-state index contributed by atoms with van der Waals surface area (Å²) in [6.07, 6.45) is 9.54. The third kappa shape index (κ3) is 4.45. The summed E-state index contributed by atoms with van der Waals surface area (Å²) in [6.45, 7) is 6.35. The molecule has 0 atom stereocenters. The first-order chi connectivity index (χ1) is 10.4. The van der Waals surface area contributed by atoms with Crippen LogP contribution in [0.4, 0.5) is 0 Å². The zero-order valence-corrected chi connectivity index (χ0v) is 13.5. The molecular weight excluding hydrogens is 258 g/mol. The molecule has 1 heterocycles. The molecule has 0 aliphatic carbocycles. The van der Waals surface area contributed by atoms with Gasteiger partial charge in [-0.2, -0.15) is 4.57 Å². The molecule has 2 nitrogen and oxygen atoms in total. The van der Waals surface area contributed by atoms with E-state index in [1.165, 1.54) is 43.0 Å². The largest absolute Gasteiger partial charge is 0.487 e. The van der Waals surface area contributed by atoms with Crippen LogP contribution in [-0.2, 0) is 6.54 Å². The van der Waals surface area contributed by atoms with E-state index in [1.807, 2.05) is 0 Å². The first-order valence-corrected chi connectivity index (χ1v) is 8.40. The van der Waals surface area contributed by atoms with Gasteiger partial charge in [-0.3, -0.25) is 0 Å². The van der Waals surface area contributed by atoms with E-state index in [2.05, 4.69) is 54.9 Å². The van der Waals surface area contributed by atoms with Crippen LogP contribution in [0.3, 0.4) is 0 Å². The molecule has 1 aromatic heterocycles. The maximum Gasteiger partial charge on any atom is 0.254 e. The summed E-state index contributed by atoms with van der Waals surface area (Å²) in [4.78, 5) is 0. The molecule has 114 valence electrons. The first kappa shape index (κ1) is 15.8. The molecule has 0 saturated heterocycles. The highest BCUT2D eigenvalue weighted by Gasteiger charge is 2.14. The molecular formula is C19H28NO+. The monoisotopic (exact) mass is 286 g/mol. The Morgan fingerprint density at radius 2 is 1.67 bits per heavy atom. The number of hydrogen-bond donors (Lipinski definition) is 0. The van der Waals surface area contributed by atoms with E-state index in [0.717, 1.165) is 25.3 Å². The van der Waals surface area contributed by atoms with E-state index in [-0.39, 0.29) is 0 Å². The number of para-hydroxylation sites is 1. The van der Waals surface area contributed by atoms with E-state index < -0.39 is 0 Å². The molecule has 2 aromatic rings. The normalized spacial score (nSPS) is 11.0. The number of pyridine rings is 1. The molecule has 0 aliphatic heterocycles. The highest BCUT2D eigenvalue weighted by Crippen LogP contribution is 2.22. The third-order valence-electron chi connectivity index (χ3n) is 3.87. The van der Waals surface area contributed by atoms with Crippen LogP contribution in [0.2, 0.25) is 0 Å². The molecule has 0 amide bonds. The minimum atomic E-state index is 0.816. The van der Waals surface area contributed by atoms with Gasteiger partial charge in [0.15, 0.2) is 11.9 Å². The second kappa shape index (κ2) is 8.66. The highest BCUT2D eigenvalue weighted by atomic mass is 16.5. The van der Waals surface area contributed by atoms with Crippen LogP contribution in [0, 0.1) is 0 Å². The number of nitrogens with zero attached hydrogens (tertiary/aromatic N) is 1. The number of aromatic nitrogens is 1. The molecule has 0 unspecified atom stereocenters. The van der Waals surface area contributed by atoms with Crippen LogP contribution in [0.5, 0.6) is 5.75 Å². The Kier molecular flexibility index (Phi) is 6.52. The smallest absolute Gasteiger partial charge is 0.254 e. The van der Waals surface area contributed by atoms with Gasteiger partial charge in [-0.25, -0.2) is 0 Å². The summed E-state index contributed by atoms with van der Waals surface area (Å²) < 4.78 is 8.39. The van der Waals surface area contributed by atoms with Crippen molar-refractivity contribution in [3.05, 3.63) is 36.5 Å². The van der Waals surface area contributed by atoms with Crippen molar-refractivity contribution in [1.82, 2.24) is 0 Å². The minimum absolute atomic E-state index is 0.816. The predicted molar refractivity (Wildman–Crippen MR) is 88.7 cm³/mol. The number of fused-ring (bicyclic) bond motifs is 1. The van der Waals surface area contributed by atoms with Gasteiger partial charge in [0.05, 0.1) is 12.0 Å². The van der Waals surface area contributed by atoms with Crippen LogP contribution in [0.15, 0.2) is 36.5 Å². The van der Waals surface area contributed by atoms with Crippen LogP contribution in [-0.4, -0.2) is 6.61 Å². The van der Waals surface area contributed by atoms with Crippen molar-refractivity contribution in [3.63, 3.8) is 0 Å². The average molecular weight is 286 g/mol. The summed E-state index contributed by atoms with van der Waals surface area (Å²) in [7, 11) is 0. The fourth-order valence-corrected chi connectivity index (χ4v) is 2.68. The van der Waals surface area contributed by atoms with Crippen molar-refractivity contribution < 1.29 is 9.30 Å². The Hall–Kier alpha value is -1.57. The van der Waals surface area contributed by atoms with Gasteiger partial charge in [0.25, 0.3) is 5.52 Å². The fraction of sp³-hybridized carbons (Fsp3) is 0.526. The fourth-order valence-electron chi connectivity index (χ4n) is 2.68. The molecule has 21 heavy (non-hydrogen) atoms. The van der Waals surface area contributed by atoms with Crippen molar-refractivity contribution in [1.29, 1.82) is 0 Å². The molecule has 2 rings (SSSR count). The van der Waals surface area contributed by atoms with Gasteiger partial charge in [-0.15, -0.1) is 0 Å². The van der Waals surface area contributed by atoms with E-state index >= 15 is 0 Å². The molecule has 0 N–H and O–H groups in total. The third-order valence-corrected chi connectivity index (χ3v) is 3.87. The maximum atomic E-state index is 6.05. The quantitative estimate of drug-likeness (QED) is 0.472. The Labute approximate surface area is 128 Å². The zero-order valence-electron chi connectivity index (χ0n) is 13.5. The van der Waals surface area contributed by atoms with E-state index in [4.69, 9.17) is 4.74 Å². The van der Waals surface area contributed by atoms with Gasteiger partial charge < -0.3 is 4.74 Å². The Morgan fingerprint density at radius 1 is 0.905 bits per heavy atom. The van der Waals surface area contributed by atoms with Gasteiger partial charge in [0.1, 0.15) is 6.54 Å². The average Bonchev–Trinajstić information content (AvgIpc) is 2.52. The summed E-state index contributed by atoms with van der Waals surface area (Å²) >= 11 is 0. The number of rotatable bonds is 9. The molecule has 1 aromatic carbocycles. The number of benzene rings is 1. The standard InChI is InChI=1S/C19H28NO/c1-3-5-7-14-20-15-10-12-17-11-9-13-18(19(17)20)21-16-8-6-4-2/h9-13,15H,3-8,14,16H2,1-2H3/q+1. The lowest BCUT2D eigenvalue weighted by Crippen LogP contribution is -2.34. The second-order valence-electron chi connectivity index (χ2n) is 5.66. The molecule has 0 saturated carbocycles. The van der Waals surface area contributed by atoms with Crippen molar-refractivity contribution in [2.45, 2.75) is 58.9 Å². The number of unbranched alkanes of at least 4 members (excludes halogenated alkanes) is 4. The molecule has 0 aliphatic rings. The number of hydrogen-bond acceptors (Lipinski definition) is 1. The van der Waals surface area contributed by atoms with Crippen molar-refractivity contribution in [2.24, 2.45) is 0 Å². The minimum Gasteiger partial charge on any atom is -0.487 e. The summed E-state index contributed by atoms with van der Waals surface area (Å²) in [5.74, 6) is 1.03. The topological polar surface area (TPSA) is 13.1 Å². The molecule has 0 bridgehead atoms. The Balaban J connectivity index is 2.18. The van der Waals surface area contributed by atoms with Gasteiger partial charge in [0, 0.05) is 12.5 Å². The molecule has 0 fully saturated rings. The lowest BCUT2D eigenvalue weighted by molar-refractivity contribution is -0.672. The van der Waals surface area contributed by atoms with E-state index in [9.17, 15) is 0 Å². The first-order valence-electron chi connectivity index (χ1n) is 8.40. The van der Waals surface area contributed by atoms with E-state index in [1.54, 1.807) is 0 Å². The number of ether oxygens (including phenoxy) is 1. The summed E-state index contributed by atoms with van der Waals surface area (Å²) in [5.41, 5.74) is 1.24. The lowest BCUT2D eigenvalue weighted by Gasteiger charge is -2.08. The summed E-state index contributed by atoms with van der Waals surface area (Å²) in [5, 5.41) is 1.27. The predicted octanol–water partition coefficient (Wildman–Crippen LogP) is 4.89. The number of aryl methyl sites for hydroxylation is 1. The van der Waals surface area contributed by atoms with E-state index in [0.29, 0.717) is 0 Å². The zero-order chi connectivity index (χ0) is 14.9. The van der Waals surface area contributed by atoms with Crippen molar-refractivity contribution in [3.8, 4) is 5.75 Å². The second-order valence-corrected chi connectivity index (χ2v) is 5.66. The molecule has 0 spiro atoms. The van der Waals surface area contributed by atoms with Gasteiger partial charge in [0.2, 0.25) is 0 Å². The van der Waals surface area contributed by atoms with Crippen LogP contribution >= 0.6 is 0 Å². The van der Waals surface area contributed by atoms with Crippen molar-refractivity contribution in [2.75, 3.05) is 6.61 Å². The maximum absolute atomic E-state index is 6.05. The highest BCUT2D eigenvalue weighted by molar-refractivity contribution is 5.81. The van der Waals surface area contributed by atoms with Gasteiger partial charge in [-0.05, 0) is 31.0 Å². The van der Waals surface area contributed by atoms with Crippen LogP contribution < -0.4 is 9.30 Å².